The van der Waals surface area contributed by atoms with E-state index in [0.29, 0.717) is 17.9 Å². The van der Waals surface area contributed by atoms with Gasteiger partial charge in [-0.05, 0) is 30.9 Å². The molecule has 2 N–H and O–H groups in total. The first-order valence-electron chi connectivity index (χ1n) is 6.16. The van der Waals surface area contributed by atoms with Gasteiger partial charge in [-0.3, -0.25) is 4.99 Å². The summed E-state index contributed by atoms with van der Waals surface area (Å²) in [7, 11) is 0. The van der Waals surface area contributed by atoms with Crippen LogP contribution in [0.3, 0.4) is 0 Å². The highest BCUT2D eigenvalue weighted by atomic mass is 15.0. The Labute approximate surface area is 101 Å². The number of hydrogen-bond acceptors (Lipinski definition) is 3. The van der Waals surface area contributed by atoms with Gasteiger partial charge in [0, 0.05) is 35.2 Å². The smallest absolute Gasteiger partial charge is 0.0557 e. The molecule has 4 atom stereocenters. The minimum Gasteiger partial charge on any atom is -0.359 e. The van der Waals surface area contributed by atoms with Gasteiger partial charge in [0.05, 0.1) is 6.04 Å². The van der Waals surface area contributed by atoms with Crippen molar-refractivity contribution in [3.8, 4) is 0 Å². The van der Waals surface area contributed by atoms with Gasteiger partial charge in [0.2, 0.25) is 0 Å². The van der Waals surface area contributed by atoms with E-state index in [1.807, 2.05) is 6.21 Å². The summed E-state index contributed by atoms with van der Waals surface area (Å²) < 4.78 is 0. The lowest BCUT2D eigenvalue weighted by Crippen LogP contribution is -2.66. The fourth-order valence-electron chi connectivity index (χ4n) is 4.11. The van der Waals surface area contributed by atoms with Crippen molar-refractivity contribution in [2.24, 2.45) is 22.2 Å². The molecule has 2 aliphatic carbocycles. The molecule has 2 heterocycles. The Morgan fingerprint density at radius 1 is 1.59 bits per heavy atom. The van der Waals surface area contributed by atoms with E-state index in [0.717, 1.165) is 18.5 Å². The number of fused-ring (bicyclic) bond motifs is 2. The second kappa shape index (κ2) is 2.78. The molecule has 2 saturated carbocycles. The van der Waals surface area contributed by atoms with Gasteiger partial charge in [0.15, 0.2) is 0 Å². The number of hydrogen-bond donors (Lipinski definition) is 2. The van der Waals surface area contributed by atoms with E-state index in [-0.39, 0.29) is 5.41 Å². The highest BCUT2D eigenvalue weighted by Crippen LogP contribution is 2.69. The molecule has 4 rings (SSSR count). The molecule has 0 saturated heterocycles. The molecule has 86 valence electrons. The van der Waals surface area contributed by atoms with Crippen LogP contribution in [0.25, 0.3) is 0 Å². The van der Waals surface area contributed by atoms with Crippen LogP contribution in [0.15, 0.2) is 40.7 Å². The summed E-state index contributed by atoms with van der Waals surface area (Å²) in [5.41, 5.74) is 3.59. The van der Waals surface area contributed by atoms with Crippen molar-refractivity contribution >= 4 is 12.4 Å². The van der Waals surface area contributed by atoms with Crippen LogP contribution in [0.5, 0.6) is 0 Å². The SMILES string of the molecule is C=C1C=C2[C@H]3C/C(=C\C=NC4CC2(C=N)[C@@H]43)N1. The molecule has 0 aromatic carbocycles. The van der Waals surface area contributed by atoms with Gasteiger partial charge in [0.1, 0.15) is 0 Å². The van der Waals surface area contributed by atoms with Crippen molar-refractivity contribution in [1.29, 1.82) is 5.41 Å². The van der Waals surface area contributed by atoms with Crippen LogP contribution >= 0.6 is 0 Å². The minimum atomic E-state index is 0.0179. The first kappa shape index (κ1) is 9.40. The predicted octanol–water partition coefficient (Wildman–Crippen LogP) is 2.04. The zero-order valence-electron chi connectivity index (χ0n) is 9.61. The molecule has 2 bridgehead atoms. The van der Waals surface area contributed by atoms with Crippen molar-refractivity contribution in [2.75, 3.05) is 0 Å². The molecule has 2 aliphatic heterocycles. The van der Waals surface area contributed by atoms with Crippen LogP contribution in [-0.4, -0.2) is 18.5 Å². The molecule has 0 amide bonds. The Balaban J connectivity index is 1.88. The fourth-order valence-corrected chi connectivity index (χ4v) is 4.11. The van der Waals surface area contributed by atoms with Crippen molar-refractivity contribution in [1.82, 2.24) is 5.32 Å². The molecule has 0 aromatic heterocycles. The van der Waals surface area contributed by atoms with Crippen molar-refractivity contribution in [3.05, 3.63) is 35.7 Å². The largest absolute Gasteiger partial charge is 0.359 e. The van der Waals surface area contributed by atoms with E-state index < -0.39 is 0 Å². The lowest BCUT2D eigenvalue weighted by molar-refractivity contribution is -0.0178. The second-order valence-electron chi connectivity index (χ2n) is 5.53. The summed E-state index contributed by atoms with van der Waals surface area (Å²) in [6.07, 6.45) is 9.86. The van der Waals surface area contributed by atoms with Gasteiger partial charge in [-0.25, -0.2) is 0 Å². The Bertz CT molecular complexity index is 526. The van der Waals surface area contributed by atoms with Gasteiger partial charge in [0.25, 0.3) is 0 Å². The third-order valence-corrected chi connectivity index (χ3v) is 4.83. The quantitative estimate of drug-likeness (QED) is 0.659. The average molecular weight is 225 g/mol. The molecule has 2 fully saturated rings. The topological polar surface area (TPSA) is 48.2 Å². The fraction of sp³-hybridized carbons (Fsp3) is 0.429. The summed E-state index contributed by atoms with van der Waals surface area (Å²) >= 11 is 0. The lowest BCUT2D eigenvalue weighted by Gasteiger charge is -2.66. The first-order chi connectivity index (χ1) is 8.24. The van der Waals surface area contributed by atoms with E-state index in [9.17, 15) is 0 Å². The summed E-state index contributed by atoms with van der Waals surface area (Å²) in [6.45, 7) is 4.04. The molecule has 0 radical (unpaired) electrons. The Morgan fingerprint density at radius 2 is 2.47 bits per heavy atom. The Kier molecular flexibility index (Phi) is 1.54. The zero-order chi connectivity index (χ0) is 11.6. The van der Waals surface area contributed by atoms with E-state index in [1.54, 1.807) is 6.21 Å². The number of aliphatic imine (C=N–C) groups is 1. The molecule has 17 heavy (non-hydrogen) atoms. The highest BCUT2D eigenvalue weighted by molar-refractivity contribution is 5.79. The van der Waals surface area contributed by atoms with E-state index >= 15 is 0 Å². The van der Waals surface area contributed by atoms with Crippen LogP contribution in [0.4, 0.5) is 0 Å². The molecule has 4 aliphatic rings. The van der Waals surface area contributed by atoms with Crippen LogP contribution < -0.4 is 5.32 Å². The van der Waals surface area contributed by atoms with Crippen LogP contribution in [0.2, 0.25) is 0 Å². The molecule has 3 nitrogen and oxygen atoms in total. The summed E-state index contributed by atoms with van der Waals surface area (Å²) in [4.78, 5) is 4.61. The number of allylic oxidation sites excluding steroid dienone is 4. The number of nitrogens with one attached hydrogen (secondary N) is 2. The van der Waals surface area contributed by atoms with Gasteiger partial charge in [-0.2, -0.15) is 0 Å². The second-order valence-corrected chi connectivity index (χ2v) is 5.53. The zero-order valence-corrected chi connectivity index (χ0v) is 9.61. The van der Waals surface area contributed by atoms with Gasteiger partial charge in [-0.15, -0.1) is 0 Å². The van der Waals surface area contributed by atoms with Crippen LogP contribution in [0.1, 0.15) is 12.8 Å². The Hall–Kier alpha value is -1.64. The molecular formula is C14H15N3. The van der Waals surface area contributed by atoms with Crippen LogP contribution in [-0.2, 0) is 0 Å². The normalized spacial score (nSPS) is 48.0. The maximum absolute atomic E-state index is 7.75. The number of rotatable bonds is 1. The van der Waals surface area contributed by atoms with Crippen molar-refractivity contribution in [2.45, 2.75) is 18.9 Å². The maximum atomic E-state index is 7.75. The lowest BCUT2D eigenvalue weighted by atomic mass is 9.38. The van der Waals surface area contributed by atoms with Gasteiger partial charge in [-0.1, -0.05) is 12.2 Å². The monoisotopic (exact) mass is 225 g/mol. The molecule has 0 aromatic rings. The summed E-state index contributed by atoms with van der Waals surface area (Å²) in [6, 6.07) is 0.433. The third kappa shape index (κ3) is 0.938. The number of nitrogens with zero attached hydrogens (tertiary/aromatic N) is 1. The summed E-state index contributed by atoms with van der Waals surface area (Å²) in [5.74, 6) is 1.13. The average Bonchev–Trinajstić information content (AvgIpc) is 2.44. The van der Waals surface area contributed by atoms with Crippen molar-refractivity contribution < 1.29 is 0 Å². The van der Waals surface area contributed by atoms with Crippen molar-refractivity contribution in [3.63, 3.8) is 0 Å². The third-order valence-electron chi connectivity index (χ3n) is 4.83. The summed E-state index contributed by atoms with van der Waals surface area (Å²) in [5, 5.41) is 11.1. The molecule has 0 spiro atoms. The Morgan fingerprint density at radius 3 is 3.29 bits per heavy atom. The van der Waals surface area contributed by atoms with Crippen LogP contribution in [0, 0.1) is 22.7 Å². The molecular weight excluding hydrogens is 210 g/mol. The predicted molar refractivity (Wildman–Crippen MR) is 68.2 cm³/mol. The van der Waals surface area contributed by atoms with Gasteiger partial charge < -0.3 is 10.7 Å². The van der Waals surface area contributed by atoms with E-state index in [2.05, 4.69) is 29.0 Å². The molecule has 3 heteroatoms. The minimum absolute atomic E-state index is 0.0179. The first-order valence-corrected chi connectivity index (χ1v) is 6.16. The maximum Gasteiger partial charge on any atom is 0.0557 e. The van der Waals surface area contributed by atoms with Gasteiger partial charge >= 0.3 is 0 Å². The molecule has 2 unspecified atom stereocenters. The highest BCUT2D eigenvalue weighted by Gasteiger charge is 2.67. The standard InChI is InChI=1S/C14H15N3/c1-8-4-11-10-5-9(17-8)2-3-16-12-6-14(11,7-15)13(10)12/h2-4,7,10,12-13,15,17H,1,5-6H2/b9-2+,15-7?,16-3?/t10-,12?,13-,14?/m1/s1. The van der Waals surface area contributed by atoms with E-state index in [1.165, 1.54) is 11.3 Å². The van der Waals surface area contributed by atoms with E-state index in [4.69, 9.17) is 5.41 Å².